The van der Waals surface area contributed by atoms with E-state index in [1.54, 1.807) is 0 Å². The van der Waals surface area contributed by atoms with Crippen molar-refractivity contribution in [3.63, 3.8) is 0 Å². The van der Waals surface area contributed by atoms with Gasteiger partial charge in [0.25, 0.3) is 0 Å². The zero-order valence-corrected chi connectivity index (χ0v) is 17.3. The number of likely N-dealkylation sites (tertiary alicyclic amines) is 1. The molecule has 1 radical (unpaired) electrons. The molecule has 1 fully saturated rings. The average molecular weight is 433 g/mol. The number of piperidine rings is 1. The summed E-state index contributed by atoms with van der Waals surface area (Å²) in [6.07, 6.45) is 3.56. The minimum absolute atomic E-state index is 0.530. The summed E-state index contributed by atoms with van der Waals surface area (Å²) in [7, 11) is 0. The van der Waals surface area contributed by atoms with Crippen molar-refractivity contribution in [2.75, 3.05) is 23.3 Å². The van der Waals surface area contributed by atoms with Crippen molar-refractivity contribution in [3.05, 3.63) is 76.9 Å². The normalized spacial score (nSPS) is 21.9. The van der Waals surface area contributed by atoms with Crippen LogP contribution in [0.2, 0.25) is 0 Å². The third-order valence-electron chi connectivity index (χ3n) is 6.75. The second kappa shape index (κ2) is 6.50. The second-order valence-corrected chi connectivity index (χ2v) is 9.02. The van der Waals surface area contributed by atoms with Crippen molar-refractivity contribution in [2.45, 2.75) is 31.3 Å². The van der Waals surface area contributed by atoms with Gasteiger partial charge in [-0.1, -0.05) is 52.3 Å². The lowest BCUT2D eigenvalue weighted by molar-refractivity contribution is 0.155. The first-order chi connectivity index (χ1) is 13.8. The van der Waals surface area contributed by atoms with Crippen LogP contribution in [0.1, 0.15) is 30.0 Å². The summed E-state index contributed by atoms with van der Waals surface area (Å²) in [6.45, 7) is 4.48. The van der Waals surface area contributed by atoms with Gasteiger partial charge in [-0.3, -0.25) is 4.90 Å². The van der Waals surface area contributed by atoms with Crippen LogP contribution in [0.4, 0.5) is 11.4 Å². The van der Waals surface area contributed by atoms with E-state index in [2.05, 4.69) is 92.3 Å². The summed E-state index contributed by atoms with van der Waals surface area (Å²) in [4.78, 5) is 5.17. The minimum atomic E-state index is 0.530. The Bertz CT molecular complexity index is 1050. The molecule has 1 aliphatic carbocycles. The van der Waals surface area contributed by atoms with Crippen LogP contribution in [-0.4, -0.2) is 24.0 Å². The Labute approximate surface area is 174 Å². The fraction of sp³-hybridized carbons (Fsp3) is 0.292. The van der Waals surface area contributed by atoms with Gasteiger partial charge in [-0.2, -0.15) is 0 Å². The summed E-state index contributed by atoms with van der Waals surface area (Å²) in [5.41, 5.74) is 5.58. The van der Waals surface area contributed by atoms with Crippen molar-refractivity contribution in [1.82, 2.24) is 4.90 Å². The van der Waals surface area contributed by atoms with E-state index in [4.69, 9.17) is 0 Å². The van der Waals surface area contributed by atoms with Gasteiger partial charge >= 0.3 is 0 Å². The van der Waals surface area contributed by atoms with Gasteiger partial charge in [0.1, 0.15) is 6.67 Å². The number of para-hydroxylation sites is 2. The van der Waals surface area contributed by atoms with Crippen molar-refractivity contribution < 1.29 is 0 Å². The minimum Gasteiger partial charge on any atom is -0.360 e. The van der Waals surface area contributed by atoms with E-state index in [9.17, 15) is 0 Å². The predicted molar refractivity (Wildman–Crippen MR) is 120 cm³/mol. The molecule has 1 atom stereocenters. The first-order valence-electron chi connectivity index (χ1n) is 10.2. The van der Waals surface area contributed by atoms with Crippen molar-refractivity contribution in [2.24, 2.45) is 0 Å². The molecule has 0 saturated carbocycles. The molecule has 3 aromatic rings. The number of hydrogen-bond acceptors (Lipinski definition) is 3. The Kier molecular flexibility index (Phi) is 3.92. The number of anilines is 2. The summed E-state index contributed by atoms with van der Waals surface area (Å²) < 4.78 is 1.21. The van der Waals surface area contributed by atoms with Gasteiger partial charge < -0.3 is 10.2 Å². The van der Waals surface area contributed by atoms with Crippen LogP contribution in [0, 0.1) is 6.67 Å². The van der Waals surface area contributed by atoms with Gasteiger partial charge in [-0.05, 0) is 59.4 Å². The Hall–Kier alpha value is -2.04. The van der Waals surface area contributed by atoms with Crippen LogP contribution in [-0.2, 0) is 6.42 Å². The Morgan fingerprint density at radius 2 is 1.79 bits per heavy atom. The van der Waals surface area contributed by atoms with Gasteiger partial charge in [0.15, 0.2) is 0 Å². The van der Waals surface area contributed by atoms with E-state index in [1.807, 2.05) is 0 Å². The smallest absolute Gasteiger partial charge is 0.139 e. The summed E-state index contributed by atoms with van der Waals surface area (Å²) in [5.74, 6) is 0. The lowest BCUT2D eigenvalue weighted by Gasteiger charge is -2.40. The van der Waals surface area contributed by atoms with Gasteiger partial charge in [-0.25, -0.2) is 0 Å². The number of rotatable bonds is 2. The molecule has 0 spiro atoms. The average Bonchev–Trinajstić information content (AvgIpc) is 3.34. The third-order valence-corrected chi connectivity index (χ3v) is 7.44. The van der Waals surface area contributed by atoms with Crippen LogP contribution >= 0.6 is 15.9 Å². The highest BCUT2D eigenvalue weighted by Gasteiger charge is 2.35. The molecule has 3 nitrogen and oxygen atoms in total. The number of benzene rings is 3. The van der Waals surface area contributed by atoms with Crippen molar-refractivity contribution in [3.8, 4) is 0 Å². The molecule has 0 bridgehead atoms. The molecule has 4 heteroatoms. The molecule has 28 heavy (non-hydrogen) atoms. The lowest BCUT2D eigenvalue weighted by atomic mass is 9.98. The maximum absolute atomic E-state index is 3.74. The summed E-state index contributed by atoms with van der Waals surface area (Å²) in [6, 6.07) is 21.1. The molecule has 0 amide bonds. The standard InChI is InChI=1S/C24H23BrN3/c25-20-9-8-16-14-23(19-5-3-4-18(20)24(16)19)27-12-10-17(11-13-27)28-15-26-21-6-1-2-7-22(21)28/h1-9,15,17,23,26H,10-14H2. The zero-order chi connectivity index (χ0) is 18.7. The van der Waals surface area contributed by atoms with Gasteiger partial charge in [0, 0.05) is 29.6 Å². The van der Waals surface area contributed by atoms with Crippen LogP contribution in [0.15, 0.2) is 59.1 Å². The zero-order valence-electron chi connectivity index (χ0n) is 15.7. The van der Waals surface area contributed by atoms with E-state index in [1.165, 1.54) is 50.6 Å². The highest BCUT2D eigenvalue weighted by Crippen LogP contribution is 2.44. The summed E-state index contributed by atoms with van der Waals surface area (Å²) in [5, 5.41) is 6.27. The fourth-order valence-corrected chi connectivity index (χ4v) is 5.84. The van der Waals surface area contributed by atoms with E-state index < -0.39 is 0 Å². The monoisotopic (exact) mass is 432 g/mol. The lowest BCUT2D eigenvalue weighted by Crippen LogP contribution is -2.44. The molecule has 1 saturated heterocycles. The number of hydrogen-bond donors (Lipinski definition) is 1. The first kappa shape index (κ1) is 16.9. The van der Waals surface area contributed by atoms with Crippen LogP contribution in [0.3, 0.4) is 0 Å². The van der Waals surface area contributed by atoms with Crippen LogP contribution < -0.4 is 10.2 Å². The maximum atomic E-state index is 3.74. The Morgan fingerprint density at radius 3 is 2.68 bits per heavy atom. The molecular formula is C24H23BrN3. The fourth-order valence-electron chi connectivity index (χ4n) is 5.37. The van der Waals surface area contributed by atoms with Crippen molar-refractivity contribution in [1.29, 1.82) is 0 Å². The van der Waals surface area contributed by atoms with E-state index in [-0.39, 0.29) is 0 Å². The quantitative estimate of drug-likeness (QED) is 0.558. The second-order valence-electron chi connectivity index (χ2n) is 8.16. The molecule has 1 N–H and O–H groups in total. The molecule has 2 aliphatic heterocycles. The first-order valence-corrected chi connectivity index (χ1v) is 11.0. The highest BCUT2D eigenvalue weighted by atomic mass is 79.9. The predicted octanol–water partition coefficient (Wildman–Crippen LogP) is 5.72. The van der Waals surface area contributed by atoms with E-state index in [0.29, 0.717) is 12.1 Å². The van der Waals surface area contributed by atoms with E-state index >= 15 is 0 Å². The topological polar surface area (TPSA) is 18.5 Å². The van der Waals surface area contributed by atoms with Gasteiger partial charge in [0.05, 0.1) is 11.4 Å². The Balaban J connectivity index is 1.22. The molecule has 141 valence electrons. The molecular weight excluding hydrogens is 410 g/mol. The highest BCUT2D eigenvalue weighted by molar-refractivity contribution is 9.10. The number of fused-ring (bicyclic) bond motifs is 1. The molecule has 3 aliphatic rings. The van der Waals surface area contributed by atoms with E-state index in [0.717, 1.165) is 19.5 Å². The maximum Gasteiger partial charge on any atom is 0.139 e. The van der Waals surface area contributed by atoms with Gasteiger partial charge in [0.2, 0.25) is 0 Å². The molecule has 0 aromatic heterocycles. The molecule has 1 unspecified atom stereocenters. The molecule has 3 aromatic carbocycles. The number of halogens is 1. The van der Waals surface area contributed by atoms with Crippen LogP contribution in [0.5, 0.6) is 0 Å². The third kappa shape index (κ3) is 2.51. The summed E-state index contributed by atoms with van der Waals surface area (Å²) >= 11 is 3.74. The SMILES string of the molecule is Brc1ccc2c3c(cccc13)C(N1CCC(N3[CH]Nc4ccccc43)CC1)C2. The molecule has 2 heterocycles. The Morgan fingerprint density at radius 1 is 0.929 bits per heavy atom. The van der Waals surface area contributed by atoms with Crippen molar-refractivity contribution >= 4 is 38.1 Å². The molecule has 6 rings (SSSR count). The number of nitrogens with one attached hydrogen (secondary N) is 1. The van der Waals surface area contributed by atoms with Gasteiger partial charge in [-0.15, -0.1) is 0 Å². The number of nitrogens with zero attached hydrogens (tertiary/aromatic N) is 2. The largest absolute Gasteiger partial charge is 0.360 e. The van der Waals surface area contributed by atoms with Crippen LogP contribution in [0.25, 0.3) is 10.8 Å².